The van der Waals surface area contributed by atoms with Crippen LogP contribution in [0.2, 0.25) is 0 Å². The number of fused-ring (bicyclic) bond motifs is 1. The van der Waals surface area contributed by atoms with Gasteiger partial charge in [-0.3, -0.25) is 4.79 Å². The van der Waals surface area contributed by atoms with Crippen LogP contribution in [0, 0.1) is 0 Å². The van der Waals surface area contributed by atoms with E-state index in [2.05, 4.69) is 12.2 Å². The lowest BCUT2D eigenvalue weighted by Crippen LogP contribution is -2.23. The van der Waals surface area contributed by atoms with Crippen molar-refractivity contribution in [3.05, 3.63) is 101 Å². The molecule has 1 aliphatic heterocycles. The normalized spacial score (nSPS) is 15.5. The van der Waals surface area contributed by atoms with Gasteiger partial charge in [0.2, 0.25) is 0 Å². The summed E-state index contributed by atoms with van der Waals surface area (Å²) in [6.45, 7) is 2.09. The van der Waals surface area contributed by atoms with E-state index in [1.807, 2.05) is 54.6 Å². The van der Waals surface area contributed by atoms with Crippen molar-refractivity contribution in [3.63, 3.8) is 0 Å². The maximum absolute atomic E-state index is 12.7. The first kappa shape index (κ1) is 18.0. The van der Waals surface area contributed by atoms with E-state index in [1.54, 1.807) is 18.2 Å². The Hall–Kier alpha value is -3.40. The van der Waals surface area contributed by atoms with Crippen LogP contribution in [-0.2, 0) is 17.6 Å². The number of carbonyl (C=O) groups excluding carboxylic acids is 2. The van der Waals surface area contributed by atoms with Crippen LogP contribution >= 0.6 is 0 Å². The van der Waals surface area contributed by atoms with Crippen LogP contribution in [0.1, 0.15) is 50.4 Å². The Morgan fingerprint density at radius 3 is 2.50 bits per heavy atom. The average molecular weight is 371 g/mol. The maximum atomic E-state index is 12.7. The number of cyclic esters (lactones) is 1. The number of rotatable bonds is 4. The van der Waals surface area contributed by atoms with Gasteiger partial charge in [0.15, 0.2) is 0 Å². The Bertz CT molecular complexity index is 1010. The standard InChI is InChI=1S/C24H21NO3/c1-2-16-8-11-20(12-9-16)25-23(26)18-10-13-21-19(14-18)15-22(28-24(21)27)17-6-4-3-5-7-17/h3-14,22H,2,15H2,1H3,(H,25,26)/t22-/m1/s1. The third-order valence-electron chi connectivity index (χ3n) is 5.03. The molecule has 0 aromatic heterocycles. The summed E-state index contributed by atoms with van der Waals surface area (Å²) in [4.78, 5) is 25.0. The molecule has 1 atom stereocenters. The molecule has 3 aromatic rings. The zero-order valence-corrected chi connectivity index (χ0v) is 15.6. The number of nitrogens with one attached hydrogen (secondary N) is 1. The largest absolute Gasteiger partial charge is 0.454 e. The SMILES string of the molecule is CCc1ccc(NC(=O)c2ccc3c(c2)C[C@H](c2ccccc2)OC3=O)cc1. The van der Waals surface area contributed by atoms with Gasteiger partial charge in [-0.05, 0) is 53.4 Å². The third-order valence-corrected chi connectivity index (χ3v) is 5.03. The van der Waals surface area contributed by atoms with Gasteiger partial charge in [0.1, 0.15) is 6.10 Å². The zero-order chi connectivity index (χ0) is 19.5. The van der Waals surface area contributed by atoms with E-state index in [-0.39, 0.29) is 18.0 Å². The monoisotopic (exact) mass is 371 g/mol. The summed E-state index contributed by atoms with van der Waals surface area (Å²) >= 11 is 0. The van der Waals surface area contributed by atoms with E-state index < -0.39 is 0 Å². The Morgan fingerprint density at radius 1 is 1.04 bits per heavy atom. The van der Waals surface area contributed by atoms with Crippen molar-refractivity contribution in [2.45, 2.75) is 25.9 Å². The maximum Gasteiger partial charge on any atom is 0.339 e. The van der Waals surface area contributed by atoms with Crippen LogP contribution in [0.15, 0.2) is 72.8 Å². The molecular formula is C24H21NO3. The second kappa shape index (κ2) is 7.69. The third kappa shape index (κ3) is 3.67. The van der Waals surface area contributed by atoms with Gasteiger partial charge in [0.05, 0.1) is 5.56 Å². The van der Waals surface area contributed by atoms with Crippen molar-refractivity contribution in [1.29, 1.82) is 0 Å². The molecule has 0 unspecified atom stereocenters. The van der Waals surface area contributed by atoms with Crippen LogP contribution in [0.25, 0.3) is 0 Å². The second-order valence-electron chi connectivity index (χ2n) is 6.89. The molecule has 0 aliphatic carbocycles. The summed E-state index contributed by atoms with van der Waals surface area (Å²) in [5.74, 6) is -0.542. The van der Waals surface area contributed by atoms with Crippen LogP contribution in [-0.4, -0.2) is 11.9 Å². The average Bonchev–Trinajstić information content (AvgIpc) is 2.74. The quantitative estimate of drug-likeness (QED) is 0.660. The van der Waals surface area contributed by atoms with Crippen LogP contribution < -0.4 is 5.32 Å². The van der Waals surface area contributed by atoms with E-state index >= 15 is 0 Å². The van der Waals surface area contributed by atoms with Gasteiger partial charge >= 0.3 is 5.97 Å². The first-order valence-corrected chi connectivity index (χ1v) is 9.43. The molecular weight excluding hydrogens is 350 g/mol. The molecule has 0 radical (unpaired) electrons. The van der Waals surface area contributed by atoms with Gasteiger partial charge < -0.3 is 10.1 Å². The van der Waals surface area contributed by atoms with Gasteiger partial charge in [0.25, 0.3) is 5.91 Å². The first-order chi connectivity index (χ1) is 13.6. The minimum Gasteiger partial charge on any atom is -0.454 e. The van der Waals surface area contributed by atoms with E-state index in [4.69, 9.17) is 4.74 Å². The number of ether oxygens (including phenoxy) is 1. The molecule has 4 rings (SSSR count). The summed E-state index contributed by atoms with van der Waals surface area (Å²) in [5, 5.41) is 2.92. The lowest BCUT2D eigenvalue weighted by molar-refractivity contribution is 0.0252. The number of carbonyl (C=O) groups is 2. The minimum absolute atomic E-state index is 0.192. The van der Waals surface area contributed by atoms with Gasteiger partial charge in [-0.2, -0.15) is 0 Å². The molecule has 1 aliphatic rings. The summed E-state index contributed by atoms with van der Waals surface area (Å²) in [6, 6.07) is 22.6. The van der Waals surface area contributed by atoms with Gasteiger partial charge in [0, 0.05) is 17.7 Å². The fraction of sp³-hybridized carbons (Fsp3) is 0.167. The lowest BCUT2D eigenvalue weighted by Gasteiger charge is -2.25. The summed E-state index contributed by atoms with van der Waals surface area (Å²) in [7, 11) is 0. The Morgan fingerprint density at radius 2 is 1.79 bits per heavy atom. The number of amides is 1. The van der Waals surface area contributed by atoms with E-state index in [0.717, 1.165) is 23.2 Å². The fourth-order valence-electron chi connectivity index (χ4n) is 3.42. The fourth-order valence-corrected chi connectivity index (χ4v) is 3.42. The van der Waals surface area contributed by atoms with Crippen molar-refractivity contribution in [2.24, 2.45) is 0 Å². The molecule has 4 nitrogen and oxygen atoms in total. The Labute approximate surface area is 164 Å². The molecule has 1 N–H and O–H groups in total. The molecule has 28 heavy (non-hydrogen) atoms. The summed E-state index contributed by atoms with van der Waals surface area (Å²) < 4.78 is 5.58. The predicted octanol–water partition coefficient (Wildman–Crippen LogP) is 4.96. The van der Waals surface area contributed by atoms with Crippen LogP contribution in [0.5, 0.6) is 0 Å². The van der Waals surface area contributed by atoms with Gasteiger partial charge in [-0.25, -0.2) is 4.79 Å². The molecule has 1 heterocycles. The molecule has 0 spiro atoms. The van der Waals surface area contributed by atoms with Gasteiger partial charge in [-0.15, -0.1) is 0 Å². The topological polar surface area (TPSA) is 55.4 Å². The number of esters is 1. The van der Waals surface area contributed by atoms with E-state index in [9.17, 15) is 9.59 Å². The predicted molar refractivity (Wildman–Crippen MR) is 109 cm³/mol. The highest BCUT2D eigenvalue weighted by molar-refractivity contribution is 6.05. The highest BCUT2D eigenvalue weighted by Gasteiger charge is 2.28. The highest BCUT2D eigenvalue weighted by Crippen LogP contribution is 2.31. The molecule has 140 valence electrons. The van der Waals surface area contributed by atoms with Crippen molar-refractivity contribution in [3.8, 4) is 0 Å². The number of benzene rings is 3. The van der Waals surface area contributed by atoms with E-state index in [1.165, 1.54) is 5.56 Å². The van der Waals surface area contributed by atoms with Crippen molar-refractivity contribution >= 4 is 17.6 Å². The summed E-state index contributed by atoms with van der Waals surface area (Å²) in [6.07, 6.45) is 1.18. The number of hydrogen-bond donors (Lipinski definition) is 1. The molecule has 1 amide bonds. The van der Waals surface area contributed by atoms with Crippen LogP contribution in [0.3, 0.4) is 0 Å². The Balaban J connectivity index is 1.55. The Kier molecular flexibility index (Phi) is 4.94. The van der Waals surface area contributed by atoms with Gasteiger partial charge in [-0.1, -0.05) is 49.4 Å². The van der Waals surface area contributed by atoms with Crippen molar-refractivity contribution < 1.29 is 14.3 Å². The zero-order valence-electron chi connectivity index (χ0n) is 15.6. The minimum atomic E-state index is -0.350. The number of aryl methyl sites for hydroxylation is 1. The molecule has 0 saturated heterocycles. The smallest absolute Gasteiger partial charge is 0.339 e. The number of hydrogen-bond acceptors (Lipinski definition) is 3. The summed E-state index contributed by atoms with van der Waals surface area (Å²) in [5.41, 5.74) is 4.81. The molecule has 4 heteroatoms. The van der Waals surface area contributed by atoms with Crippen molar-refractivity contribution in [1.82, 2.24) is 0 Å². The number of anilines is 1. The molecule has 0 bridgehead atoms. The van der Waals surface area contributed by atoms with Crippen molar-refractivity contribution in [2.75, 3.05) is 5.32 Å². The molecule has 0 fully saturated rings. The van der Waals surface area contributed by atoms with E-state index in [0.29, 0.717) is 17.5 Å². The van der Waals surface area contributed by atoms with Crippen LogP contribution in [0.4, 0.5) is 5.69 Å². The second-order valence-corrected chi connectivity index (χ2v) is 6.89. The lowest BCUT2D eigenvalue weighted by atomic mass is 9.93. The first-order valence-electron chi connectivity index (χ1n) is 9.43. The highest BCUT2D eigenvalue weighted by atomic mass is 16.5. The molecule has 0 saturated carbocycles. The molecule has 3 aromatic carbocycles.